The summed E-state index contributed by atoms with van der Waals surface area (Å²) in [5.41, 5.74) is 3.10. The van der Waals surface area contributed by atoms with E-state index in [4.69, 9.17) is 0 Å². The van der Waals surface area contributed by atoms with Crippen molar-refractivity contribution in [3.8, 4) is 0 Å². The maximum Gasteiger partial charge on any atom is 0.0320 e. The first-order valence-corrected chi connectivity index (χ1v) is 7.04. The molecular weight excluding hydrogens is 291 g/mol. The van der Waals surface area contributed by atoms with Crippen molar-refractivity contribution in [2.45, 2.75) is 39.2 Å². The molecule has 2 rings (SSSR count). The van der Waals surface area contributed by atoms with E-state index in [-0.39, 0.29) is 30.2 Å². The smallest absolute Gasteiger partial charge is 0.0320 e. The fraction of sp³-hybridized carbons (Fsp3) is 0.625. The zero-order chi connectivity index (χ0) is 13.2. The molecule has 1 N–H and O–H groups in total. The van der Waals surface area contributed by atoms with E-state index in [0.717, 1.165) is 26.2 Å². The molecule has 4 heteroatoms. The van der Waals surface area contributed by atoms with Crippen LogP contribution >= 0.6 is 24.8 Å². The quantitative estimate of drug-likeness (QED) is 0.892. The lowest BCUT2D eigenvalue weighted by molar-refractivity contribution is 0.185. The lowest BCUT2D eigenvalue weighted by Gasteiger charge is -2.33. The maximum absolute atomic E-state index is 3.41. The van der Waals surface area contributed by atoms with Crippen LogP contribution in [-0.2, 0) is 5.41 Å². The van der Waals surface area contributed by atoms with Gasteiger partial charge in [-0.3, -0.25) is 4.90 Å². The monoisotopic (exact) mass is 318 g/mol. The van der Waals surface area contributed by atoms with E-state index in [0.29, 0.717) is 6.04 Å². The van der Waals surface area contributed by atoms with Gasteiger partial charge in [-0.1, -0.05) is 45.0 Å². The molecule has 116 valence electrons. The van der Waals surface area contributed by atoms with E-state index >= 15 is 0 Å². The zero-order valence-corrected chi connectivity index (χ0v) is 14.6. The lowest BCUT2D eigenvalue weighted by Crippen LogP contribution is -2.44. The Bertz CT molecular complexity index is 378. The Balaban J connectivity index is 0.00000180. The van der Waals surface area contributed by atoms with Gasteiger partial charge in [0.15, 0.2) is 0 Å². The number of hydrogen-bond donors (Lipinski definition) is 1. The highest BCUT2D eigenvalue weighted by atomic mass is 35.5. The van der Waals surface area contributed by atoms with Gasteiger partial charge in [0.05, 0.1) is 0 Å². The minimum Gasteiger partial charge on any atom is -0.314 e. The Labute approximate surface area is 136 Å². The number of benzene rings is 1. The van der Waals surface area contributed by atoms with Crippen LogP contribution in [0.15, 0.2) is 24.3 Å². The zero-order valence-electron chi connectivity index (χ0n) is 13.0. The molecule has 1 heterocycles. The summed E-state index contributed by atoms with van der Waals surface area (Å²) in [5.74, 6) is 0. The minimum atomic E-state index is 0. The van der Waals surface area contributed by atoms with E-state index in [2.05, 4.69) is 62.2 Å². The van der Waals surface area contributed by atoms with E-state index in [1.807, 2.05) is 0 Å². The van der Waals surface area contributed by atoms with E-state index in [1.165, 1.54) is 11.1 Å². The Morgan fingerprint density at radius 3 is 1.95 bits per heavy atom. The van der Waals surface area contributed by atoms with Crippen LogP contribution in [0.5, 0.6) is 0 Å². The van der Waals surface area contributed by atoms with Crippen molar-refractivity contribution < 1.29 is 0 Å². The standard InChI is InChI=1S/C16H26N2.2ClH/c1-13(18-11-9-17-10-12-18)14-5-7-15(8-6-14)16(2,3)4;;/h5-8,13,17H,9-12H2,1-4H3;2*1H/t13-;;/m0../s1. The summed E-state index contributed by atoms with van der Waals surface area (Å²) in [7, 11) is 0. The molecule has 0 radical (unpaired) electrons. The van der Waals surface area contributed by atoms with E-state index in [1.54, 1.807) is 0 Å². The molecule has 0 aromatic heterocycles. The van der Waals surface area contributed by atoms with Crippen molar-refractivity contribution in [3.05, 3.63) is 35.4 Å². The number of halogens is 2. The molecule has 0 spiro atoms. The van der Waals surface area contributed by atoms with Crippen molar-refractivity contribution in [1.29, 1.82) is 0 Å². The van der Waals surface area contributed by atoms with E-state index in [9.17, 15) is 0 Å². The van der Waals surface area contributed by atoms with Crippen LogP contribution < -0.4 is 5.32 Å². The van der Waals surface area contributed by atoms with Gasteiger partial charge in [-0.2, -0.15) is 0 Å². The highest BCUT2D eigenvalue weighted by Gasteiger charge is 2.19. The van der Waals surface area contributed by atoms with Crippen molar-refractivity contribution in [3.63, 3.8) is 0 Å². The van der Waals surface area contributed by atoms with Gasteiger partial charge in [-0.15, -0.1) is 24.8 Å². The van der Waals surface area contributed by atoms with Crippen LogP contribution in [0.1, 0.15) is 44.9 Å². The molecule has 1 aliphatic rings. The normalized spacial score (nSPS) is 17.8. The predicted octanol–water partition coefficient (Wildman–Crippen LogP) is 3.79. The number of nitrogens with one attached hydrogen (secondary N) is 1. The first kappa shape index (κ1) is 19.7. The number of hydrogen-bond acceptors (Lipinski definition) is 2. The van der Waals surface area contributed by atoms with Gasteiger partial charge in [0, 0.05) is 32.2 Å². The van der Waals surface area contributed by atoms with Crippen LogP contribution in [-0.4, -0.2) is 31.1 Å². The molecule has 0 amide bonds. The third-order valence-electron chi connectivity index (χ3n) is 3.96. The first-order chi connectivity index (χ1) is 8.48. The highest BCUT2D eigenvalue weighted by molar-refractivity contribution is 5.85. The summed E-state index contributed by atoms with van der Waals surface area (Å²) in [5, 5.41) is 3.41. The molecule has 1 aromatic carbocycles. The molecule has 20 heavy (non-hydrogen) atoms. The van der Waals surface area contributed by atoms with Gasteiger partial charge < -0.3 is 5.32 Å². The van der Waals surface area contributed by atoms with Gasteiger partial charge in [0.25, 0.3) is 0 Å². The topological polar surface area (TPSA) is 15.3 Å². The van der Waals surface area contributed by atoms with Crippen LogP contribution in [0, 0.1) is 0 Å². The average molecular weight is 319 g/mol. The number of rotatable bonds is 2. The van der Waals surface area contributed by atoms with Gasteiger partial charge in [0.1, 0.15) is 0 Å². The summed E-state index contributed by atoms with van der Waals surface area (Å²) < 4.78 is 0. The maximum atomic E-state index is 3.41. The van der Waals surface area contributed by atoms with Crippen LogP contribution in [0.2, 0.25) is 0 Å². The van der Waals surface area contributed by atoms with Gasteiger partial charge >= 0.3 is 0 Å². The fourth-order valence-electron chi connectivity index (χ4n) is 2.54. The van der Waals surface area contributed by atoms with Crippen LogP contribution in [0.25, 0.3) is 0 Å². The van der Waals surface area contributed by atoms with Crippen LogP contribution in [0.3, 0.4) is 0 Å². The summed E-state index contributed by atoms with van der Waals surface area (Å²) >= 11 is 0. The Morgan fingerprint density at radius 2 is 1.50 bits per heavy atom. The fourth-order valence-corrected chi connectivity index (χ4v) is 2.54. The molecule has 1 saturated heterocycles. The van der Waals surface area contributed by atoms with Gasteiger partial charge in [0.2, 0.25) is 0 Å². The second-order valence-corrected chi connectivity index (χ2v) is 6.33. The minimum absolute atomic E-state index is 0. The molecule has 2 nitrogen and oxygen atoms in total. The third-order valence-corrected chi connectivity index (χ3v) is 3.96. The molecule has 1 aliphatic heterocycles. The third kappa shape index (κ3) is 4.92. The van der Waals surface area contributed by atoms with Crippen LogP contribution in [0.4, 0.5) is 0 Å². The summed E-state index contributed by atoms with van der Waals surface area (Å²) in [6.45, 7) is 13.7. The molecular formula is C16H28Cl2N2. The Hall–Kier alpha value is -0.280. The molecule has 0 bridgehead atoms. The first-order valence-electron chi connectivity index (χ1n) is 7.04. The largest absolute Gasteiger partial charge is 0.314 e. The number of nitrogens with zero attached hydrogens (tertiary/aromatic N) is 1. The molecule has 1 aromatic rings. The van der Waals surface area contributed by atoms with Gasteiger partial charge in [-0.05, 0) is 23.5 Å². The molecule has 0 unspecified atom stereocenters. The predicted molar refractivity (Wildman–Crippen MR) is 92.5 cm³/mol. The second kappa shape index (κ2) is 8.23. The molecule has 1 fully saturated rings. The Morgan fingerprint density at radius 1 is 1.00 bits per heavy atom. The highest BCUT2D eigenvalue weighted by Crippen LogP contribution is 2.26. The molecule has 0 saturated carbocycles. The van der Waals surface area contributed by atoms with Gasteiger partial charge in [-0.25, -0.2) is 0 Å². The van der Waals surface area contributed by atoms with Crippen molar-refractivity contribution in [2.24, 2.45) is 0 Å². The summed E-state index contributed by atoms with van der Waals surface area (Å²) in [6.07, 6.45) is 0. The van der Waals surface area contributed by atoms with Crippen molar-refractivity contribution in [1.82, 2.24) is 10.2 Å². The summed E-state index contributed by atoms with van der Waals surface area (Å²) in [6, 6.07) is 9.70. The Kier molecular flexibility index (Phi) is 8.12. The summed E-state index contributed by atoms with van der Waals surface area (Å²) in [4.78, 5) is 2.56. The molecule has 1 atom stereocenters. The van der Waals surface area contributed by atoms with Crippen molar-refractivity contribution >= 4 is 24.8 Å². The molecule has 0 aliphatic carbocycles. The lowest BCUT2D eigenvalue weighted by atomic mass is 9.86. The average Bonchev–Trinajstić information content (AvgIpc) is 2.38. The second-order valence-electron chi connectivity index (χ2n) is 6.33. The number of piperazine rings is 1. The van der Waals surface area contributed by atoms with Crippen molar-refractivity contribution in [2.75, 3.05) is 26.2 Å². The SMILES string of the molecule is C[C@@H](c1ccc(C(C)(C)C)cc1)N1CCNCC1.Cl.Cl. The van der Waals surface area contributed by atoms with E-state index < -0.39 is 0 Å².